The third-order valence-corrected chi connectivity index (χ3v) is 10.5. The molecule has 53 heavy (non-hydrogen) atoms. The van der Waals surface area contributed by atoms with Gasteiger partial charge in [0.15, 0.2) is 11.9 Å². The minimum atomic E-state index is -4.61. The molecule has 1 aromatic carbocycles. The summed E-state index contributed by atoms with van der Waals surface area (Å²) in [6, 6.07) is 3.92. The van der Waals surface area contributed by atoms with Gasteiger partial charge in [-0.05, 0) is 73.1 Å². The molecule has 0 bridgehead atoms. The van der Waals surface area contributed by atoms with Crippen LogP contribution in [-0.2, 0) is 12.6 Å². The van der Waals surface area contributed by atoms with E-state index in [9.17, 15) is 32.2 Å². The van der Waals surface area contributed by atoms with Gasteiger partial charge in [-0.25, -0.2) is 23.1 Å². The highest BCUT2D eigenvalue weighted by Gasteiger charge is 2.44. The first-order chi connectivity index (χ1) is 24.0. The lowest BCUT2D eigenvalue weighted by atomic mass is 9.68. The number of aromatic nitrogens is 3. The minimum absolute atomic E-state index is 0. The Labute approximate surface area is 317 Å². The molecule has 0 unspecified atom stereocenters. The van der Waals surface area contributed by atoms with E-state index < -0.39 is 48.6 Å². The van der Waals surface area contributed by atoms with Gasteiger partial charge in [0.1, 0.15) is 12.7 Å². The van der Waals surface area contributed by atoms with Crippen molar-refractivity contribution in [3.05, 3.63) is 75.9 Å². The second-order valence-corrected chi connectivity index (χ2v) is 15.0. The van der Waals surface area contributed by atoms with E-state index in [4.69, 9.17) is 14.8 Å². The van der Waals surface area contributed by atoms with Gasteiger partial charge in [0.2, 0.25) is 11.9 Å². The summed E-state index contributed by atoms with van der Waals surface area (Å²) >= 11 is 0. The molecule has 1 saturated heterocycles. The van der Waals surface area contributed by atoms with E-state index in [0.717, 1.165) is 24.3 Å². The van der Waals surface area contributed by atoms with Crippen molar-refractivity contribution in [3.8, 4) is 5.75 Å². The Balaban J connectivity index is 0.00000314. The van der Waals surface area contributed by atoms with E-state index >= 15 is 4.39 Å². The number of hydrogen-bond acceptors (Lipinski definition) is 8. The van der Waals surface area contributed by atoms with Crippen LogP contribution >= 0.6 is 24.8 Å². The Kier molecular flexibility index (Phi) is 13.6. The first kappa shape index (κ1) is 42.8. The fourth-order valence-electron chi connectivity index (χ4n) is 7.86. The number of aliphatic hydroxyl groups is 3. The van der Waals surface area contributed by atoms with Gasteiger partial charge in [0.25, 0.3) is 0 Å². The summed E-state index contributed by atoms with van der Waals surface area (Å²) in [4.78, 5) is 15.8. The number of aliphatic hydroxyl groups excluding tert-OH is 3. The van der Waals surface area contributed by atoms with Gasteiger partial charge in [0, 0.05) is 48.7 Å². The summed E-state index contributed by atoms with van der Waals surface area (Å²) in [5.74, 6) is -2.85. The van der Waals surface area contributed by atoms with E-state index in [2.05, 4.69) is 9.97 Å². The molecule has 3 N–H and O–H groups in total. The molecule has 0 spiro atoms. The van der Waals surface area contributed by atoms with Crippen LogP contribution in [0.2, 0.25) is 0 Å². The number of pyridine rings is 1. The predicted molar refractivity (Wildman–Crippen MR) is 191 cm³/mol. The van der Waals surface area contributed by atoms with Gasteiger partial charge in [-0.1, -0.05) is 26.0 Å². The van der Waals surface area contributed by atoms with Crippen LogP contribution in [-0.4, -0.2) is 68.6 Å². The van der Waals surface area contributed by atoms with Crippen LogP contribution in [0.5, 0.6) is 5.75 Å². The first-order valence-electron chi connectivity index (χ1n) is 17.5. The molecule has 3 aromatic rings. The van der Waals surface area contributed by atoms with Crippen molar-refractivity contribution in [2.45, 2.75) is 108 Å². The van der Waals surface area contributed by atoms with E-state index in [1.807, 2.05) is 18.7 Å². The third-order valence-electron chi connectivity index (χ3n) is 10.5. The highest BCUT2D eigenvalue weighted by molar-refractivity contribution is 5.85. The summed E-state index contributed by atoms with van der Waals surface area (Å²) in [7, 11) is 0. The molecule has 1 aliphatic heterocycles. The molecular formula is C37H46Cl2F6N4O4. The fourth-order valence-corrected chi connectivity index (χ4v) is 7.86. The molecule has 294 valence electrons. The molecule has 6 rings (SSSR count). The van der Waals surface area contributed by atoms with Gasteiger partial charge < -0.3 is 25.0 Å². The number of fused-ring (bicyclic) bond motifs is 1. The Morgan fingerprint density at radius 3 is 2.11 bits per heavy atom. The molecule has 3 aliphatic rings. The molecule has 0 amide bonds. The average Bonchev–Trinajstić information content (AvgIpc) is 3.09. The minimum Gasteiger partial charge on any atom is -0.488 e. The van der Waals surface area contributed by atoms with Crippen LogP contribution < -0.4 is 9.64 Å². The van der Waals surface area contributed by atoms with Crippen LogP contribution in [0, 0.1) is 5.41 Å². The SMILES string of the molecule is CC1(C)Cc2nc(C3CCN(c4ncc(OC[C@H](O)CO)cn4)CC3)c([C@@H](F)c3ccc(C(F)(F)F)cc3)c(C3CCC(F)(F)CC3)c2[C@@H](O)C1.Cl.Cl. The Hall–Kier alpha value is -2.91. The normalized spacial score (nSPS) is 21.5. The first-order valence-corrected chi connectivity index (χ1v) is 17.5. The van der Waals surface area contributed by atoms with Gasteiger partial charge in [-0.3, -0.25) is 4.98 Å². The predicted octanol–water partition coefficient (Wildman–Crippen LogP) is 8.21. The number of halogens is 8. The Bertz CT molecular complexity index is 1670. The lowest BCUT2D eigenvalue weighted by molar-refractivity contribution is -0.137. The number of piperidine rings is 1. The maximum atomic E-state index is 17.2. The number of ether oxygens (including phenoxy) is 1. The molecule has 2 aromatic heterocycles. The van der Waals surface area contributed by atoms with Crippen molar-refractivity contribution >= 4 is 30.8 Å². The standard InChI is InChI=1S/C37H44F6N4O4.2ClH/c1-35(2)15-27-30(28(50)16-35)29(21-7-11-36(39,40)12-8-21)31(32(38)22-3-5-24(6-4-22)37(41,42)43)33(46-27)23-9-13-47(14-10-23)34-44-17-26(18-45-34)51-20-25(49)19-48;;/h3-6,17-18,21,23,25,28,32,48-50H,7-16,19-20H2,1-2H3;2*1H/t25-,28+,32+;;/m1../s1. The number of rotatable bonds is 9. The smallest absolute Gasteiger partial charge is 0.416 e. The van der Waals surface area contributed by atoms with Gasteiger partial charge in [0.05, 0.1) is 36.4 Å². The number of anilines is 1. The summed E-state index contributed by atoms with van der Waals surface area (Å²) in [5.41, 5.74) is 1.01. The van der Waals surface area contributed by atoms with Crippen molar-refractivity contribution in [1.82, 2.24) is 15.0 Å². The zero-order valence-electron chi connectivity index (χ0n) is 29.5. The van der Waals surface area contributed by atoms with Crippen molar-refractivity contribution in [3.63, 3.8) is 0 Å². The lowest BCUT2D eigenvalue weighted by Gasteiger charge is -2.41. The topological polar surface area (TPSA) is 112 Å². The highest BCUT2D eigenvalue weighted by Crippen LogP contribution is 2.52. The average molecular weight is 796 g/mol. The van der Waals surface area contributed by atoms with Crippen LogP contribution in [0.1, 0.15) is 122 Å². The fraction of sp³-hybridized carbons (Fsp3) is 0.595. The summed E-state index contributed by atoms with van der Waals surface area (Å²) in [5, 5.41) is 30.1. The van der Waals surface area contributed by atoms with E-state index in [-0.39, 0.29) is 79.6 Å². The maximum absolute atomic E-state index is 17.2. The molecule has 3 atom stereocenters. The second kappa shape index (κ2) is 16.8. The second-order valence-electron chi connectivity index (χ2n) is 15.0. The summed E-state index contributed by atoms with van der Waals surface area (Å²) in [6.07, 6.45) is -4.33. The van der Waals surface area contributed by atoms with Crippen LogP contribution in [0.4, 0.5) is 32.3 Å². The molecule has 2 fully saturated rings. The molecule has 2 aliphatic carbocycles. The van der Waals surface area contributed by atoms with Gasteiger partial charge >= 0.3 is 6.18 Å². The van der Waals surface area contributed by atoms with Gasteiger partial charge in [-0.2, -0.15) is 13.2 Å². The van der Waals surface area contributed by atoms with E-state index in [1.54, 1.807) is 0 Å². The van der Waals surface area contributed by atoms with Crippen LogP contribution in [0.15, 0.2) is 36.7 Å². The maximum Gasteiger partial charge on any atom is 0.416 e. The lowest BCUT2D eigenvalue weighted by Crippen LogP contribution is -2.36. The van der Waals surface area contributed by atoms with Crippen molar-refractivity contribution in [2.24, 2.45) is 5.41 Å². The van der Waals surface area contributed by atoms with Crippen LogP contribution in [0.3, 0.4) is 0 Å². The zero-order valence-corrected chi connectivity index (χ0v) is 31.1. The third kappa shape index (κ3) is 9.67. The molecule has 8 nitrogen and oxygen atoms in total. The summed E-state index contributed by atoms with van der Waals surface area (Å²) < 4.78 is 91.8. The largest absolute Gasteiger partial charge is 0.488 e. The van der Waals surface area contributed by atoms with E-state index in [0.29, 0.717) is 73.0 Å². The van der Waals surface area contributed by atoms with Gasteiger partial charge in [-0.15, -0.1) is 24.8 Å². The van der Waals surface area contributed by atoms with Crippen molar-refractivity contribution in [1.29, 1.82) is 0 Å². The van der Waals surface area contributed by atoms with Crippen LogP contribution in [0.25, 0.3) is 0 Å². The molecule has 16 heteroatoms. The van der Waals surface area contributed by atoms with E-state index in [1.165, 1.54) is 12.4 Å². The number of nitrogens with zero attached hydrogens (tertiary/aromatic N) is 4. The molecule has 1 saturated carbocycles. The molecule has 3 heterocycles. The summed E-state index contributed by atoms with van der Waals surface area (Å²) in [6.45, 7) is 4.41. The number of hydrogen-bond donors (Lipinski definition) is 3. The number of benzene rings is 1. The highest BCUT2D eigenvalue weighted by atomic mass is 35.5. The zero-order chi connectivity index (χ0) is 36.7. The molecule has 0 radical (unpaired) electrons. The number of alkyl halides is 6. The van der Waals surface area contributed by atoms with Crippen molar-refractivity contribution < 1.29 is 46.4 Å². The quantitative estimate of drug-likeness (QED) is 0.186. The Morgan fingerprint density at radius 2 is 1.55 bits per heavy atom. The Morgan fingerprint density at radius 1 is 0.943 bits per heavy atom. The van der Waals surface area contributed by atoms with Crippen molar-refractivity contribution in [2.75, 3.05) is 31.2 Å². The monoisotopic (exact) mass is 794 g/mol. The molecular weight excluding hydrogens is 749 g/mol.